The van der Waals surface area contributed by atoms with Crippen LogP contribution in [0.3, 0.4) is 0 Å². The van der Waals surface area contributed by atoms with E-state index in [1.54, 1.807) is 12.1 Å². The number of rotatable bonds is 2. The quantitative estimate of drug-likeness (QED) is 0.686. The third-order valence-corrected chi connectivity index (χ3v) is 4.20. The number of hydrogen-bond acceptors (Lipinski definition) is 1. The molecule has 0 aliphatic heterocycles. The number of nitrogens with one attached hydrogen (secondary N) is 1. The molecule has 1 N–H and O–H groups in total. The number of amides is 1. The summed E-state index contributed by atoms with van der Waals surface area (Å²) in [7, 11) is 0. The summed E-state index contributed by atoms with van der Waals surface area (Å²) in [6, 6.07) is 6.82. The first-order valence-electron chi connectivity index (χ1n) is 5.30. The molecule has 0 aliphatic carbocycles. The molecule has 0 saturated heterocycles. The van der Waals surface area contributed by atoms with Crippen LogP contribution >= 0.6 is 43.5 Å². The summed E-state index contributed by atoms with van der Waals surface area (Å²) >= 11 is 12.1. The van der Waals surface area contributed by atoms with Crippen molar-refractivity contribution in [1.82, 2.24) is 0 Å². The van der Waals surface area contributed by atoms with E-state index < -0.39 is 23.2 Å². The van der Waals surface area contributed by atoms with Gasteiger partial charge < -0.3 is 5.32 Å². The summed E-state index contributed by atoms with van der Waals surface area (Å²) in [6.45, 7) is 0. The van der Waals surface area contributed by atoms with E-state index >= 15 is 0 Å². The minimum absolute atomic E-state index is 0.114. The van der Waals surface area contributed by atoms with Crippen LogP contribution in [0.2, 0.25) is 5.02 Å². The Bertz CT molecular complexity index is 671. The van der Waals surface area contributed by atoms with Crippen molar-refractivity contribution >= 4 is 55.1 Å². The molecule has 0 unspecified atom stereocenters. The van der Waals surface area contributed by atoms with E-state index in [0.717, 1.165) is 12.1 Å². The van der Waals surface area contributed by atoms with Gasteiger partial charge in [-0.2, -0.15) is 0 Å². The zero-order chi connectivity index (χ0) is 14.9. The molecule has 0 aliphatic rings. The van der Waals surface area contributed by atoms with Gasteiger partial charge in [0.1, 0.15) is 5.69 Å². The van der Waals surface area contributed by atoms with Gasteiger partial charge in [0, 0.05) is 8.95 Å². The highest BCUT2D eigenvalue weighted by molar-refractivity contribution is 9.10. The average Bonchev–Trinajstić information content (AvgIpc) is 2.36. The summed E-state index contributed by atoms with van der Waals surface area (Å²) in [5, 5.41) is 2.34. The maximum absolute atomic E-state index is 13.6. The minimum Gasteiger partial charge on any atom is -0.317 e. The number of anilines is 1. The Hall–Kier alpha value is -0.980. The van der Waals surface area contributed by atoms with Crippen LogP contribution in [0.5, 0.6) is 0 Å². The van der Waals surface area contributed by atoms with Gasteiger partial charge >= 0.3 is 0 Å². The maximum atomic E-state index is 13.6. The van der Waals surface area contributed by atoms with Gasteiger partial charge in [0.05, 0.1) is 10.6 Å². The summed E-state index contributed by atoms with van der Waals surface area (Å²) in [6.07, 6.45) is 0. The predicted molar refractivity (Wildman–Crippen MR) is 81.2 cm³/mol. The van der Waals surface area contributed by atoms with E-state index in [4.69, 9.17) is 11.6 Å². The Morgan fingerprint density at radius 1 is 1.15 bits per heavy atom. The highest BCUT2D eigenvalue weighted by Gasteiger charge is 2.17. The molecule has 0 fully saturated rings. The standard InChI is InChI=1S/C13H6Br2ClF2NO/c14-6-4-9(17)12(10(18)5-6)19-13(20)7-2-1-3-8(15)11(7)16/h1-5H,(H,19,20). The van der Waals surface area contributed by atoms with Crippen LogP contribution in [-0.4, -0.2) is 5.91 Å². The van der Waals surface area contributed by atoms with Gasteiger partial charge in [-0.3, -0.25) is 4.79 Å². The Morgan fingerprint density at radius 2 is 1.75 bits per heavy atom. The molecule has 0 aromatic heterocycles. The van der Waals surface area contributed by atoms with Crippen molar-refractivity contribution in [3.05, 3.63) is 61.5 Å². The number of carbonyl (C=O) groups is 1. The van der Waals surface area contributed by atoms with E-state index in [1.807, 2.05) is 0 Å². The van der Waals surface area contributed by atoms with E-state index in [-0.39, 0.29) is 15.1 Å². The summed E-state index contributed by atoms with van der Waals surface area (Å²) in [5.74, 6) is -2.45. The Kier molecular flexibility index (Phi) is 4.78. The van der Waals surface area contributed by atoms with Crippen LogP contribution in [0.1, 0.15) is 10.4 Å². The fourth-order valence-corrected chi connectivity index (χ4v) is 2.50. The zero-order valence-corrected chi connectivity index (χ0v) is 13.6. The molecule has 0 atom stereocenters. The van der Waals surface area contributed by atoms with Crippen molar-refractivity contribution in [2.75, 3.05) is 5.32 Å². The molecule has 2 nitrogen and oxygen atoms in total. The number of hydrogen-bond donors (Lipinski definition) is 1. The van der Waals surface area contributed by atoms with Crippen LogP contribution in [-0.2, 0) is 0 Å². The number of carbonyl (C=O) groups excluding carboxylic acids is 1. The Morgan fingerprint density at radius 3 is 2.35 bits per heavy atom. The van der Waals surface area contributed by atoms with Crippen LogP contribution in [0.4, 0.5) is 14.5 Å². The molecule has 20 heavy (non-hydrogen) atoms. The van der Waals surface area contributed by atoms with Crippen molar-refractivity contribution in [1.29, 1.82) is 0 Å². The SMILES string of the molecule is O=C(Nc1c(F)cc(Br)cc1F)c1cccc(Br)c1Cl. The molecule has 0 spiro atoms. The maximum Gasteiger partial charge on any atom is 0.257 e. The van der Waals surface area contributed by atoms with Crippen molar-refractivity contribution in [2.24, 2.45) is 0 Å². The first kappa shape index (κ1) is 15.4. The van der Waals surface area contributed by atoms with E-state index in [0.29, 0.717) is 4.47 Å². The molecule has 0 radical (unpaired) electrons. The Labute approximate surface area is 135 Å². The third kappa shape index (κ3) is 3.19. The van der Waals surface area contributed by atoms with Crippen LogP contribution in [0, 0.1) is 11.6 Å². The fourth-order valence-electron chi connectivity index (χ4n) is 1.52. The van der Waals surface area contributed by atoms with Gasteiger partial charge in [0.15, 0.2) is 11.6 Å². The molecule has 104 valence electrons. The second kappa shape index (κ2) is 6.20. The van der Waals surface area contributed by atoms with Gasteiger partial charge in [0.2, 0.25) is 0 Å². The van der Waals surface area contributed by atoms with Crippen molar-refractivity contribution < 1.29 is 13.6 Å². The van der Waals surface area contributed by atoms with E-state index in [2.05, 4.69) is 37.2 Å². The van der Waals surface area contributed by atoms with Crippen LogP contribution < -0.4 is 5.32 Å². The molecule has 0 heterocycles. The van der Waals surface area contributed by atoms with Crippen LogP contribution in [0.25, 0.3) is 0 Å². The van der Waals surface area contributed by atoms with Crippen molar-refractivity contribution in [3.63, 3.8) is 0 Å². The zero-order valence-electron chi connectivity index (χ0n) is 9.68. The minimum atomic E-state index is -0.878. The number of benzene rings is 2. The molecule has 0 bridgehead atoms. The van der Waals surface area contributed by atoms with E-state index in [1.165, 1.54) is 6.07 Å². The fraction of sp³-hybridized carbons (Fsp3) is 0. The predicted octanol–water partition coefficient (Wildman–Crippen LogP) is 5.40. The molecule has 2 aromatic rings. The molecular weight excluding hydrogens is 419 g/mol. The summed E-state index contributed by atoms with van der Waals surface area (Å²) in [4.78, 5) is 12.0. The Balaban J connectivity index is 2.36. The average molecular weight is 425 g/mol. The smallest absolute Gasteiger partial charge is 0.257 e. The van der Waals surface area contributed by atoms with Crippen molar-refractivity contribution in [3.8, 4) is 0 Å². The molecular formula is C13H6Br2ClF2NO. The van der Waals surface area contributed by atoms with E-state index in [9.17, 15) is 13.6 Å². The second-order valence-corrected chi connectivity index (χ2v) is 5.95. The lowest BCUT2D eigenvalue weighted by Gasteiger charge is -2.09. The largest absolute Gasteiger partial charge is 0.317 e. The summed E-state index contributed by atoms with van der Waals surface area (Å²) < 4.78 is 28.0. The lowest BCUT2D eigenvalue weighted by atomic mass is 10.2. The third-order valence-electron chi connectivity index (χ3n) is 2.44. The van der Waals surface area contributed by atoms with Gasteiger partial charge in [-0.05, 0) is 40.2 Å². The van der Waals surface area contributed by atoms with Crippen molar-refractivity contribution in [2.45, 2.75) is 0 Å². The number of halogens is 5. The van der Waals surface area contributed by atoms with Gasteiger partial charge in [-0.15, -0.1) is 0 Å². The second-order valence-electron chi connectivity index (χ2n) is 3.80. The normalized spacial score (nSPS) is 10.4. The highest BCUT2D eigenvalue weighted by Crippen LogP contribution is 2.28. The molecule has 7 heteroatoms. The van der Waals surface area contributed by atoms with Gasteiger partial charge in [-0.1, -0.05) is 33.6 Å². The molecule has 1 amide bonds. The molecule has 2 aromatic carbocycles. The van der Waals surface area contributed by atoms with Crippen LogP contribution in [0.15, 0.2) is 39.3 Å². The lowest BCUT2D eigenvalue weighted by Crippen LogP contribution is -2.15. The first-order chi connectivity index (χ1) is 9.40. The van der Waals surface area contributed by atoms with Gasteiger partial charge in [0.25, 0.3) is 5.91 Å². The monoisotopic (exact) mass is 423 g/mol. The lowest BCUT2D eigenvalue weighted by molar-refractivity contribution is 0.102. The molecule has 2 rings (SSSR count). The topological polar surface area (TPSA) is 29.1 Å². The van der Waals surface area contributed by atoms with Gasteiger partial charge in [-0.25, -0.2) is 8.78 Å². The highest BCUT2D eigenvalue weighted by atomic mass is 79.9. The summed E-state index contributed by atoms with van der Waals surface area (Å²) in [5.41, 5.74) is -0.406. The molecule has 0 saturated carbocycles. The first-order valence-corrected chi connectivity index (χ1v) is 7.26.